The van der Waals surface area contributed by atoms with Crippen molar-refractivity contribution in [1.82, 2.24) is 36.0 Å². The number of hydrogen-bond donors (Lipinski definition) is 4. The molecule has 4 fully saturated rings. The van der Waals surface area contributed by atoms with Crippen molar-refractivity contribution in [3.05, 3.63) is 248 Å². The van der Waals surface area contributed by atoms with E-state index in [-0.39, 0.29) is 23.6 Å². The highest BCUT2D eigenvalue weighted by Crippen LogP contribution is 2.47. The van der Waals surface area contributed by atoms with E-state index in [0.29, 0.717) is 88.4 Å². The van der Waals surface area contributed by atoms with Crippen molar-refractivity contribution in [2.24, 2.45) is 23.7 Å². The fourth-order valence-corrected chi connectivity index (χ4v) is 20.2. The molecule has 0 aromatic heterocycles. The minimum absolute atomic E-state index is 0.00349. The maximum atomic E-state index is 12.1. The first-order valence-electron chi connectivity index (χ1n) is 44.6. The van der Waals surface area contributed by atoms with E-state index in [1.165, 1.54) is 102 Å². The third-order valence-corrected chi connectivity index (χ3v) is 26.8. The predicted octanol–water partition coefficient (Wildman–Crippen LogP) is 18.2. The summed E-state index contributed by atoms with van der Waals surface area (Å²) < 4.78 is 46.4. The Kier molecular flexibility index (Phi) is 28.8. The van der Waals surface area contributed by atoms with Crippen LogP contribution >= 0.6 is 0 Å². The van der Waals surface area contributed by atoms with E-state index < -0.39 is 0 Å². The molecule has 19 heteroatoms. The van der Waals surface area contributed by atoms with Crippen LogP contribution in [0.25, 0.3) is 11.1 Å². The highest BCUT2D eigenvalue weighted by molar-refractivity contribution is 6.00. The lowest BCUT2D eigenvalue weighted by molar-refractivity contribution is 0.0957. The standard InChI is InChI=1S/C27H32N2O3.2C25H32N2O3.C25H27NO3/c1-3-12-29-21-7-8-22(29)14-25(18-4-9-23(31-2)10-5-18)20(13-21)17-32-24-11-6-19-16-28-27(30)26(19)15-24;2*1-3-12-27-13-10-20(23(11-14-27)18-4-7-21(29-2)8-5-18)17-30-22-9-6-19-16-26-25(28)24(19)15-22;1-28-21-7-4-18(5-8-21)23-12-17-3-2-16(10-17)11-20(23)15-29-22-9-6-19-14-26-25(27)24(19)13-22/h4-6,9-11,15,21-22H,3,7-8,12-14,16-17H2,1-2H3,(H,28,30);2*4-9,15,20,23H,3,10-14,16-17H2,1-2H3,(H,26,28);4-9,13,16-17H,2-3,10-12,14-15H2,1H3,(H,26,27)/t21-,22+;2*20-,23-;16-,17+/m0101/s1. The van der Waals surface area contributed by atoms with Gasteiger partial charge in [0.25, 0.3) is 23.6 Å². The molecule has 8 atom stereocenters. The lowest BCUT2D eigenvalue weighted by atomic mass is 9.83. The summed E-state index contributed by atoms with van der Waals surface area (Å²) in [7, 11) is 6.82. The van der Waals surface area contributed by atoms with E-state index in [2.05, 4.69) is 130 Å². The fourth-order valence-electron chi connectivity index (χ4n) is 20.2. The molecular weight excluding hydrogens is 1520 g/mol. The molecule has 8 aliphatic heterocycles. The molecule has 8 heterocycles. The van der Waals surface area contributed by atoms with E-state index in [9.17, 15) is 19.2 Å². The highest BCUT2D eigenvalue weighted by atomic mass is 16.5. The molecule has 4 amide bonds. The Labute approximate surface area is 715 Å². The Morgan fingerprint density at radius 1 is 0.339 bits per heavy atom. The van der Waals surface area contributed by atoms with Crippen LogP contribution in [0.3, 0.4) is 0 Å². The largest absolute Gasteiger partial charge is 0.497 e. The van der Waals surface area contributed by atoms with E-state index in [0.717, 1.165) is 193 Å². The van der Waals surface area contributed by atoms with E-state index >= 15 is 0 Å². The first-order chi connectivity index (χ1) is 59.2. The molecule has 0 unspecified atom stereocenters. The zero-order valence-corrected chi connectivity index (χ0v) is 71.9. The van der Waals surface area contributed by atoms with E-state index in [1.807, 2.05) is 97.1 Å². The van der Waals surface area contributed by atoms with Gasteiger partial charge in [-0.1, -0.05) is 93.6 Å². The molecule has 18 rings (SSSR count). The van der Waals surface area contributed by atoms with Gasteiger partial charge < -0.3 is 69.0 Å². The normalized spacial score (nSPS) is 22.1. The maximum absolute atomic E-state index is 12.1. The van der Waals surface area contributed by atoms with Crippen LogP contribution in [0.1, 0.15) is 221 Å². The molecule has 8 aromatic rings. The molecule has 121 heavy (non-hydrogen) atoms. The van der Waals surface area contributed by atoms with Crippen molar-refractivity contribution in [1.29, 1.82) is 0 Å². The van der Waals surface area contributed by atoms with Gasteiger partial charge in [-0.2, -0.15) is 0 Å². The second kappa shape index (κ2) is 40.8. The summed E-state index contributed by atoms with van der Waals surface area (Å²) in [4.78, 5) is 55.8. The van der Waals surface area contributed by atoms with E-state index in [4.69, 9.17) is 37.9 Å². The summed E-state index contributed by atoms with van der Waals surface area (Å²) in [6.07, 6.45) is 19.0. The second-order valence-electron chi connectivity index (χ2n) is 34.4. The summed E-state index contributed by atoms with van der Waals surface area (Å²) >= 11 is 0. The molecule has 10 aliphatic rings. The summed E-state index contributed by atoms with van der Waals surface area (Å²) in [5.74, 6) is 9.99. The number of carbonyl (C=O) groups excluding carboxylic acids is 4. The van der Waals surface area contributed by atoms with Crippen molar-refractivity contribution < 1.29 is 57.1 Å². The number of fused-ring (bicyclic) bond motifs is 8. The molecule has 3 saturated heterocycles. The first kappa shape index (κ1) is 85.4. The zero-order chi connectivity index (χ0) is 83.7. The van der Waals surface area contributed by atoms with Crippen molar-refractivity contribution in [3.8, 4) is 46.0 Å². The molecule has 0 spiro atoms. The second-order valence-corrected chi connectivity index (χ2v) is 34.4. The van der Waals surface area contributed by atoms with Crippen LogP contribution in [0.5, 0.6) is 46.0 Å². The number of hydrogen-bond acceptors (Lipinski definition) is 15. The van der Waals surface area contributed by atoms with Crippen LogP contribution in [0.2, 0.25) is 0 Å². The third-order valence-electron chi connectivity index (χ3n) is 26.8. The molecule has 638 valence electrons. The van der Waals surface area contributed by atoms with Crippen LogP contribution in [0.15, 0.2) is 181 Å². The Morgan fingerprint density at radius 2 is 0.669 bits per heavy atom. The Morgan fingerprint density at radius 3 is 1.05 bits per heavy atom. The van der Waals surface area contributed by atoms with Gasteiger partial charge in [0.1, 0.15) is 59.2 Å². The number of allylic oxidation sites excluding steroid dienone is 1. The Balaban J connectivity index is 0.000000126. The smallest absolute Gasteiger partial charge is 0.252 e. The van der Waals surface area contributed by atoms with Crippen molar-refractivity contribution in [2.45, 2.75) is 174 Å². The number of carbonyl (C=O) groups is 4. The SMILES string of the molecule is CCCN1CC[C@@H](COc2ccc3c(c2)C(=O)NC3)[C@H](c2ccc(OC)cc2)CC1.CCCN1CC[C@H](COc2ccc3c(c2)C(=O)NC3)[C@@H](c2ccc(OC)cc2)CC1.CCCN1[C@@H]2CC[C@H]1CC(COc1ccc3c(c1)C(=O)NC3)=C(c1ccc(OC)cc1)C2.COc1ccc(C2=C(COc3ccc4c(c3)C(=O)NC4)C[C@@H]3CC[C@H](C2)C3)cc1. The molecule has 4 N–H and O–H groups in total. The van der Waals surface area contributed by atoms with Crippen LogP contribution in [-0.4, -0.2) is 151 Å². The minimum Gasteiger partial charge on any atom is -0.497 e. The number of nitrogens with zero attached hydrogens (tertiary/aromatic N) is 3. The average molecular weight is 1640 g/mol. The molecular formula is C102H123N7O12. The van der Waals surface area contributed by atoms with Crippen molar-refractivity contribution >= 4 is 34.8 Å². The molecule has 8 aromatic carbocycles. The van der Waals surface area contributed by atoms with Gasteiger partial charge in [0.05, 0.1) is 41.7 Å². The number of methoxy groups -OCH3 is 4. The summed E-state index contributed by atoms with van der Waals surface area (Å²) in [6, 6.07) is 58.6. The minimum atomic E-state index is -0.00873. The van der Waals surface area contributed by atoms with Crippen LogP contribution < -0.4 is 59.2 Å². The Hall–Kier alpha value is -10.6. The highest BCUT2D eigenvalue weighted by Gasteiger charge is 2.39. The zero-order valence-electron chi connectivity index (χ0n) is 71.9. The van der Waals surface area contributed by atoms with Crippen LogP contribution in [-0.2, 0) is 26.2 Å². The first-order valence-corrected chi connectivity index (χ1v) is 44.6. The quantitative estimate of drug-likeness (QED) is 0.0399. The van der Waals surface area contributed by atoms with Crippen molar-refractivity contribution in [3.63, 3.8) is 0 Å². The molecule has 0 radical (unpaired) electrons. The summed E-state index contributed by atoms with van der Waals surface area (Å²) in [5, 5.41) is 11.5. The van der Waals surface area contributed by atoms with E-state index in [1.54, 1.807) is 28.4 Å². The van der Waals surface area contributed by atoms with Gasteiger partial charge >= 0.3 is 0 Å². The number of amides is 4. The van der Waals surface area contributed by atoms with Gasteiger partial charge in [-0.25, -0.2) is 0 Å². The predicted molar refractivity (Wildman–Crippen MR) is 476 cm³/mol. The third kappa shape index (κ3) is 21.1. The monoisotopic (exact) mass is 1640 g/mol. The van der Waals surface area contributed by atoms with Gasteiger partial charge in [0.2, 0.25) is 0 Å². The van der Waals surface area contributed by atoms with Gasteiger partial charge in [-0.15, -0.1) is 0 Å². The molecule has 1 saturated carbocycles. The summed E-state index contributed by atoms with van der Waals surface area (Å²) in [6.45, 7) is 19.6. The number of likely N-dealkylation sites (tertiary alicyclic amines) is 2. The fraction of sp³-hybridized carbons (Fsp3) is 0.451. The van der Waals surface area contributed by atoms with Gasteiger partial charge in [-0.3, -0.25) is 24.1 Å². The van der Waals surface area contributed by atoms with Crippen LogP contribution in [0.4, 0.5) is 0 Å². The maximum Gasteiger partial charge on any atom is 0.252 e. The van der Waals surface area contributed by atoms with Gasteiger partial charge in [0.15, 0.2) is 0 Å². The Bertz CT molecular complexity index is 4800. The average Bonchev–Trinajstić information content (AvgIpc) is 1.66. The lowest BCUT2D eigenvalue weighted by Gasteiger charge is -2.27. The van der Waals surface area contributed by atoms with Gasteiger partial charge in [0, 0.05) is 72.4 Å². The van der Waals surface area contributed by atoms with Crippen molar-refractivity contribution in [2.75, 3.05) is 101 Å². The number of ether oxygens (including phenoxy) is 8. The summed E-state index contributed by atoms with van der Waals surface area (Å²) in [5.41, 5.74) is 18.1. The lowest BCUT2D eigenvalue weighted by Crippen LogP contribution is -2.35. The van der Waals surface area contributed by atoms with Gasteiger partial charge in [-0.05, 0) is 336 Å². The molecule has 19 nitrogen and oxygen atoms in total. The van der Waals surface area contributed by atoms with Crippen LogP contribution in [0, 0.1) is 23.7 Å². The number of rotatable bonds is 26. The number of nitrogens with one attached hydrogen (secondary N) is 4. The molecule has 4 bridgehead atoms. The molecule has 2 aliphatic carbocycles. The topological polar surface area (TPSA) is 200 Å². The number of benzene rings is 8.